The Morgan fingerprint density at radius 3 is 2.28 bits per heavy atom. The summed E-state index contributed by atoms with van der Waals surface area (Å²) in [5, 5.41) is 42.7. The predicted octanol–water partition coefficient (Wildman–Crippen LogP) is 4.18. The van der Waals surface area contributed by atoms with E-state index in [0.29, 0.717) is 5.57 Å². The Balaban J connectivity index is 2.38. The average molecular weight is 396 g/mol. The van der Waals surface area contributed by atoms with Crippen LogP contribution in [0.15, 0.2) is 56.8 Å². The van der Waals surface area contributed by atoms with E-state index in [1.165, 1.54) is 6.21 Å². The molecule has 0 heterocycles. The van der Waals surface area contributed by atoms with Gasteiger partial charge in [0, 0.05) is 15.5 Å². The van der Waals surface area contributed by atoms with Gasteiger partial charge in [-0.2, -0.15) is 20.9 Å². The standard InChI is InChI=1S/C18H14BrN5O/c1-17(2)7-12(9-23-24-14-5-3-13(19)4-6-14)15(8-20)16(25)18(17,10-21)11-22/h3-7,9,24-25H,1-2H3. The first-order valence-corrected chi connectivity index (χ1v) is 8.05. The van der Waals surface area contributed by atoms with Gasteiger partial charge in [-0.1, -0.05) is 35.9 Å². The summed E-state index contributed by atoms with van der Waals surface area (Å²) in [5.74, 6) is -0.544. The van der Waals surface area contributed by atoms with E-state index in [2.05, 4.69) is 26.5 Å². The highest BCUT2D eigenvalue weighted by Gasteiger charge is 2.53. The second-order valence-corrected chi connectivity index (χ2v) is 6.92. The number of hydrazone groups is 1. The van der Waals surface area contributed by atoms with Gasteiger partial charge in [-0.3, -0.25) is 5.43 Å². The number of rotatable bonds is 3. The fourth-order valence-corrected chi connectivity index (χ4v) is 2.80. The second kappa shape index (κ2) is 6.81. The Morgan fingerprint density at radius 2 is 1.76 bits per heavy atom. The van der Waals surface area contributed by atoms with Crippen LogP contribution >= 0.6 is 15.9 Å². The van der Waals surface area contributed by atoms with Gasteiger partial charge in [-0.25, -0.2) is 0 Å². The van der Waals surface area contributed by atoms with Crippen molar-refractivity contribution in [3.63, 3.8) is 0 Å². The first kappa shape index (κ1) is 18.3. The van der Waals surface area contributed by atoms with Crippen LogP contribution in [-0.4, -0.2) is 11.3 Å². The molecule has 0 spiro atoms. The number of nitrogens with one attached hydrogen (secondary N) is 1. The molecule has 0 radical (unpaired) electrons. The zero-order valence-electron chi connectivity index (χ0n) is 13.6. The monoisotopic (exact) mass is 395 g/mol. The SMILES string of the molecule is CC1(C)C=C(C=NNc2ccc(Br)cc2)C(C#N)=C(O)C1(C#N)C#N. The summed E-state index contributed by atoms with van der Waals surface area (Å²) in [6.07, 6.45) is 2.99. The van der Waals surface area contributed by atoms with E-state index in [-0.39, 0.29) is 5.57 Å². The lowest BCUT2D eigenvalue weighted by Gasteiger charge is -2.37. The molecule has 2 rings (SSSR count). The minimum absolute atomic E-state index is 0.135. The van der Waals surface area contributed by atoms with E-state index < -0.39 is 16.6 Å². The van der Waals surface area contributed by atoms with Crippen molar-refractivity contribution in [3.05, 3.63) is 51.7 Å². The normalized spacial score (nSPS) is 18.0. The molecule has 1 aliphatic rings. The number of allylic oxidation sites excluding steroid dienone is 4. The first-order chi connectivity index (χ1) is 11.8. The van der Waals surface area contributed by atoms with Crippen LogP contribution in [0.4, 0.5) is 5.69 Å². The maximum atomic E-state index is 10.4. The molecule has 0 aromatic heterocycles. The third-order valence-electron chi connectivity index (χ3n) is 4.05. The van der Waals surface area contributed by atoms with Gasteiger partial charge >= 0.3 is 0 Å². The van der Waals surface area contributed by atoms with Crippen LogP contribution in [0.5, 0.6) is 0 Å². The van der Waals surface area contributed by atoms with E-state index in [1.54, 1.807) is 19.9 Å². The van der Waals surface area contributed by atoms with Crippen molar-refractivity contribution in [2.24, 2.45) is 15.9 Å². The van der Waals surface area contributed by atoms with E-state index in [0.717, 1.165) is 10.2 Å². The van der Waals surface area contributed by atoms with Crippen molar-refractivity contribution < 1.29 is 5.11 Å². The quantitative estimate of drug-likeness (QED) is 0.587. The molecule has 0 saturated carbocycles. The number of nitrogens with zero attached hydrogens (tertiary/aromatic N) is 4. The molecule has 25 heavy (non-hydrogen) atoms. The lowest BCUT2D eigenvalue weighted by atomic mass is 9.61. The molecular formula is C18H14BrN5O. The van der Waals surface area contributed by atoms with Crippen LogP contribution in [0.2, 0.25) is 0 Å². The minimum atomic E-state index is -1.81. The van der Waals surface area contributed by atoms with E-state index in [1.807, 2.05) is 42.5 Å². The molecule has 1 aliphatic carbocycles. The van der Waals surface area contributed by atoms with Crippen LogP contribution < -0.4 is 5.43 Å². The summed E-state index contributed by atoms with van der Waals surface area (Å²) in [7, 11) is 0. The summed E-state index contributed by atoms with van der Waals surface area (Å²) >= 11 is 3.34. The predicted molar refractivity (Wildman–Crippen MR) is 97.0 cm³/mol. The van der Waals surface area contributed by atoms with Crippen LogP contribution in [0.1, 0.15) is 13.8 Å². The first-order valence-electron chi connectivity index (χ1n) is 7.25. The molecule has 0 aliphatic heterocycles. The lowest BCUT2D eigenvalue weighted by Crippen LogP contribution is -2.39. The topological polar surface area (TPSA) is 116 Å². The van der Waals surface area contributed by atoms with Gasteiger partial charge in [0.1, 0.15) is 17.4 Å². The smallest absolute Gasteiger partial charge is 0.209 e. The number of hydrogen-bond acceptors (Lipinski definition) is 6. The third-order valence-corrected chi connectivity index (χ3v) is 4.58. The van der Waals surface area contributed by atoms with Crippen molar-refractivity contribution in [1.29, 1.82) is 15.8 Å². The summed E-state index contributed by atoms with van der Waals surface area (Å²) in [5.41, 5.74) is 0.957. The molecule has 0 amide bonds. The van der Waals surface area contributed by atoms with Gasteiger partial charge < -0.3 is 5.11 Å². The summed E-state index contributed by atoms with van der Waals surface area (Å²) in [4.78, 5) is 0. The van der Waals surface area contributed by atoms with Crippen molar-refractivity contribution in [2.45, 2.75) is 13.8 Å². The van der Waals surface area contributed by atoms with Crippen molar-refractivity contribution in [1.82, 2.24) is 0 Å². The zero-order valence-corrected chi connectivity index (χ0v) is 15.2. The van der Waals surface area contributed by atoms with Gasteiger partial charge in [0.15, 0.2) is 0 Å². The zero-order chi connectivity index (χ0) is 18.7. The van der Waals surface area contributed by atoms with Crippen LogP contribution in [0.3, 0.4) is 0 Å². The van der Waals surface area contributed by atoms with Gasteiger partial charge in [-0.05, 0) is 24.3 Å². The molecule has 0 bridgehead atoms. The Labute approximate surface area is 154 Å². The van der Waals surface area contributed by atoms with E-state index in [4.69, 9.17) is 0 Å². The van der Waals surface area contributed by atoms with Crippen LogP contribution in [-0.2, 0) is 0 Å². The Morgan fingerprint density at radius 1 is 1.16 bits per heavy atom. The highest BCUT2D eigenvalue weighted by atomic mass is 79.9. The molecule has 1 aromatic carbocycles. The summed E-state index contributed by atoms with van der Waals surface area (Å²) < 4.78 is 0.933. The number of aliphatic hydroxyl groups excluding tert-OH is 1. The lowest BCUT2D eigenvalue weighted by molar-refractivity contribution is 0.206. The molecule has 0 atom stereocenters. The van der Waals surface area contributed by atoms with Gasteiger partial charge in [0.2, 0.25) is 5.41 Å². The third kappa shape index (κ3) is 3.13. The fourth-order valence-electron chi connectivity index (χ4n) is 2.54. The Kier molecular flexibility index (Phi) is 4.97. The molecule has 124 valence electrons. The Bertz CT molecular complexity index is 891. The Hall–Kier alpha value is -3.08. The van der Waals surface area contributed by atoms with E-state index in [9.17, 15) is 20.9 Å². The van der Waals surface area contributed by atoms with E-state index >= 15 is 0 Å². The van der Waals surface area contributed by atoms with Crippen molar-refractivity contribution in [2.75, 3.05) is 5.43 Å². The number of halogens is 1. The average Bonchev–Trinajstić information content (AvgIpc) is 2.57. The fraction of sp³-hybridized carbons (Fsp3) is 0.222. The molecule has 0 saturated heterocycles. The highest BCUT2D eigenvalue weighted by molar-refractivity contribution is 9.10. The highest BCUT2D eigenvalue weighted by Crippen LogP contribution is 2.49. The molecule has 1 aromatic rings. The number of benzene rings is 1. The maximum Gasteiger partial charge on any atom is 0.209 e. The number of hydrogen-bond donors (Lipinski definition) is 2. The second-order valence-electron chi connectivity index (χ2n) is 6.01. The maximum absolute atomic E-state index is 10.4. The summed E-state index contributed by atoms with van der Waals surface area (Å²) in [6.45, 7) is 3.31. The summed E-state index contributed by atoms with van der Waals surface area (Å²) in [6, 6.07) is 12.9. The molecule has 0 fully saturated rings. The van der Waals surface area contributed by atoms with Crippen molar-refractivity contribution >= 4 is 27.8 Å². The number of aliphatic hydroxyl groups is 1. The molecule has 0 unspecified atom stereocenters. The molecule has 7 heteroatoms. The van der Waals surface area contributed by atoms with Gasteiger partial charge in [0.25, 0.3) is 0 Å². The van der Waals surface area contributed by atoms with Crippen LogP contribution in [0, 0.1) is 44.8 Å². The van der Waals surface area contributed by atoms with Gasteiger partial charge in [0.05, 0.1) is 24.0 Å². The molecule has 2 N–H and O–H groups in total. The minimum Gasteiger partial charge on any atom is -0.508 e. The molecular weight excluding hydrogens is 382 g/mol. The largest absolute Gasteiger partial charge is 0.508 e. The van der Waals surface area contributed by atoms with Crippen LogP contribution in [0.25, 0.3) is 0 Å². The van der Waals surface area contributed by atoms with Crippen molar-refractivity contribution in [3.8, 4) is 18.2 Å². The van der Waals surface area contributed by atoms with Gasteiger partial charge in [-0.15, -0.1) is 0 Å². The number of anilines is 1. The number of nitriles is 3. The molecule has 6 nitrogen and oxygen atoms in total.